The number of amides is 1. The summed E-state index contributed by atoms with van der Waals surface area (Å²) in [4.78, 5) is 39.4. The van der Waals surface area contributed by atoms with Gasteiger partial charge in [-0.25, -0.2) is 15.0 Å². The minimum Gasteiger partial charge on any atom is -0.382 e. The minimum atomic E-state index is 0.198. The number of aromatic nitrogens is 4. The van der Waals surface area contributed by atoms with Crippen molar-refractivity contribution in [3.63, 3.8) is 0 Å². The molecule has 3 aliphatic heterocycles. The molecule has 0 spiro atoms. The second-order valence-corrected chi connectivity index (χ2v) is 10.2. The second kappa shape index (κ2) is 8.82. The first kappa shape index (κ1) is 21.4. The average Bonchev–Trinajstić information content (AvgIpc) is 3.38. The molecule has 4 aliphatic rings. The number of nitrogens with two attached hydrogens (primary N) is 1. The molecule has 0 bridgehead atoms. The molecule has 1 fully saturated rings. The van der Waals surface area contributed by atoms with Crippen molar-refractivity contribution in [3.05, 3.63) is 34.1 Å². The molecule has 0 saturated carbocycles. The first-order valence-corrected chi connectivity index (χ1v) is 12.3. The van der Waals surface area contributed by atoms with Crippen LogP contribution in [0.4, 0.5) is 5.82 Å². The number of imidazole rings is 1. The normalized spacial score (nSPS) is 16.7. The predicted molar refractivity (Wildman–Crippen MR) is 125 cm³/mol. The number of Topliss-reactive ketones (excluding diaryl/α,β-unsaturated/α-hetero) is 1. The molecule has 3 heterocycles. The summed E-state index contributed by atoms with van der Waals surface area (Å²) in [6.07, 6.45) is 7.07. The molecule has 166 valence electrons. The second-order valence-electron chi connectivity index (χ2n) is 8.34. The number of benzene rings is 1. The summed E-state index contributed by atoms with van der Waals surface area (Å²) >= 11 is 5.05. The van der Waals surface area contributed by atoms with Gasteiger partial charge in [0.25, 0.3) is 0 Å². The summed E-state index contributed by atoms with van der Waals surface area (Å²) in [5.41, 5.74) is 8.59. The number of hydrogen-bond acceptors (Lipinski definition) is 7. The van der Waals surface area contributed by atoms with Crippen molar-refractivity contribution in [1.82, 2.24) is 24.4 Å². The molecule has 0 radical (unpaired) electrons. The average molecular weight is 515 g/mol. The van der Waals surface area contributed by atoms with E-state index in [0.29, 0.717) is 29.0 Å². The van der Waals surface area contributed by atoms with Gasteiger partial charge in [-0.05, 0) is 77.0 Å². The summed E-state index contributed by atoms with van der Waals surface area (Å²) < 4.78 is 2.89. The summed E-state index contributed by atoms with van der Waals surface area (Å²) in [7, 11) is 0. The lowest BCUT2D eigenvalue weighted by Crippen LogP contribution is -2.32. The van der Waals surface area contributed by atoms with E-state index in [2.05, 4.69) is 32.0 Å². The number of carbonyl (C=O) groups excluding carboxylic acids is 2. The van der Waals surface area contributed by atoms with Gasteiger partial charge in [0.15, 0.2) is 28.3 Å². The topological polar surface area (TPSA) is 107 Å². The fraction of sp³-hybridized carbons (Fsp3) is 0.409. The number of anilines is 1. The third-order valence-electron chi connectivity index (χ3n) is 6.33. The van der Waals surface area contributed by atoms with Crippen LogP contribution in [0.15, 0.2) is 33.0 Å². The number of likely N-dealkylation sites (tertiary alicyclic amines) is 1. The van der Waals surface area contributed by atoms with Crippen molar-refractivity contribution in [2.24, 2.45) is 5.92 Å². The lowest BCUT2D eigenvalue weighted by Gasteiger charge is -2.29. The fourth-order valence-electron chi connectivity index (χ4n) is 4.43. The predicted octanol–water partition coefficient (Wildman–Crippen LogP) is 3.66. The lowest BCUT2D eigenvalue weighted by atomic mass is 9.94. The zero-order valence-electron chi connectivity index (χ0n) is 17.5. The zero-order chi connectivity index (χ0) is 22.2. The molecule has 32 heavy (non-hydrogen) atoms. The number of fused-ring (bicyclic) bond motifs is 2. The molecule has 1 aromatic rings. The van der Waals surface area contributed by atoms with E-state index in [9.17, 15) is 9.59 Å². The maximum absolute atomic E-state index is 12.0. The number of ketones is 1. The van der Waals surface area contributed by atoms with Crippen LogP contribution < -0.4 is 5.73 Å². The van der Waals surface area contributed by atoms with Crippen LogP contribution in [0, 0.1) is 5.92 Å². The Labute approximate surface area is 198 Å². The number of nitrogen functional groups attached to an aromatic ring is 1. The summed E-state index contributed by atoms with van der Waals surface area (Å²) in [6, 6.07) is 3.96. The standard InChI is InChI=1S/C22H23BrN6O2S/c23-16-10-15-14(1-2-17(15)31)9-18(16)32-22-26-19-20(24)25-11-29(21(19)27-22)8-5-13-3-6-28(12-30)7-4-13/h9-13H,1-8,24H2. The largest absolute Gasteiger partial charge is 0.382 e. The van der Waals surface area contributed by atoms with Gasteiger partial charge in [0.2, 0.25) is 6.41 Å². The molecule has 0 aromatic heterocycles. The van der Waals surface area contributed by atoms with E-state index in [1.54, 1.807) is 6.33 Å². The van der Waals surface area contributed by atoms with Crippen molar-refractivity contribution in [2.45, 2.75) is 48.7 Å². The van der Waals surface area contributed by atoms with Crippen LogP contribution >= 0.6 is 27.7 Å². The monoisotopic (exact) mass is 514 g/mol. The van der Waals surface area contributed by atoms with Crippen LogP contribution in [0.2, 0.25) is 0 Å². The van der Waals surface area contributed by atoms with Gasteiger partial charge in [0, 0.05) is 41.0 Å². The van der Waals surface area contributed by atoms with E-state index < -0.39 is 0 Å². The first-order chi connectivity index (χ1) is 15.5. The van der Waals surface area contributed by atoms with Crippen LogP contribution in [0.25, 0.3) is 11.5 Å². The van der Waals surface area contributed by atoms with Crippen molar-refractivity contribution in [1.29, 1.82) is 0 Å². The van der Waals surface area contributed by atoms with E-state index >= 15 is 0 Å². The van der Waals surface area contributed by atoms with Crippen molar-refractivity contribution in [3.8, 4) is 11.5 Å². The van der Waals surface area contributed by atoms with Crippen LogP contribution in [0.1, 0.15) is 41.6 Å². The molecule has 2 N–H and O–H groups in total. The Hall–Kier alpha value is -2.46. The zero-order valence-corrected chi connectivity index (χ0v) is 19.9. The summed E-state index contributed by atoms with van der Waals surface area (Å²) in [5, 5.41) is 0.609. The van der Waals surface area contributed by atoms with Gasteiger partial charge >= 0.3 is 0 Å². The van der Waals surface area contributed by atoms with Crippen molar-refractivity contribution >= 4 is 45.7 Å². The lowest BCUT2D eigenvalue weighted by molar-refractivity contribution is -0.119. The van der Waals surface area contributed by atoms with Crippen LogP contribution in [0.5, 0.6) is 0 Å². The maximum atomic E-state index is 12.0. The molecular weight excluding hydrogens is 492 g/mol. The van der Waals surface area contributed by atoms with Gasteiger partial charge in [-0.2, -0.15) is 0 Å². The number of carbonyl (C=O) groups is 2. The van der Waals surface area contributed by atoms with Crippen LogP contribution in [-0.2, 0) is 17.8 Å². The SMILES string of the molecule is Nc1ncn(CCC2CCN(C=O)CC2)c2nc(Sc3cc4c(cc3Br)C(=O)CC4)nc1-2. The molecule has 0 unspecified atom stereocenters. The van der Waals surface area contributed by atoms with Crippen LogP contribution in [-0.4, -0.2) is 49.7 Å². The Kier molecular flexibility index (Phi) is 5.90. The van der Waals surface area contributed by atoms with E-state index in [-0.39, 0.29) is 5.78 Å². The Morgan fingerprint density at radius 2 is 2.03 bits per heavy atom. The number of aryl methyl sites for hydroxylation is 2. The van der Waals surface area contributed by atoms with Crippen molar-refractivity contribution in [2.75, 3.05) is 18.8 Å². The molecule has 1 saturated heterocycles. The molecule has 5 rings (SSSR count). The fourth-order valence-corrected chi connectivity index (χ4v) is 5.84. The highest BCUT2D eigenvalue weighted by Crippen LogP contribution is 2.38. The molecule has 10 heteroatoms. The minimum absolute atomic E-state index is 0.198. The van der Waals surface area contributed by atoms with Gasteiger partial charge in [-0.3, -0.25) is 9.59 Å². The molecule has 8 nitrogen and oxygen atoms in total. The molecule has 0 atom stereocenters. The number of halogens is 1. The maximum Gasteiger partial charge on any atom is 0.209 e. The third kappa shape index (κ3) is 4.13. The summed E-state index contributed by atoms with van der Waals surface area (Å²) in [5.74, 6) is 1.88. The van der Waals surface area contributed by atoms with E-state index in [1.807, 2.05) is 15.5 Å². The number of piperidine rings is 1. The molecule has 1 aromatic carbocycles. The first-order valence-electron chi connectivity index (χ1n) is 10.7. The quantitative estimate of drug-likeness (QED) is 0.500. The molecule has 1 amide bonds. The number of hydrogen-bond donors (Lipinski definition) is 1. The van der Waals surface area contributed by atoms with E-state index in [0.717, 1.165) is 78.0 Å². The molecule has 1 aliphatic carbocycles. The van der Waals surface area contributed by atoms with Crippen molar-refractivity contribution < 1.29 is 9.59 Å². The Morgan fingerprint density at radius 3 is 2.81 bits per heavy atom. The number of nitrogens with zero attached hydrogens (tertiary/aromatic N) is 5. The Morgan fingerprint density at radius 1 is 1.22 bits per heavy atom. The van der Waals surface area contributed by atoms with Gasteiger partial charge in [-0.15, -0.1) is 0 Å². The molecular formula is C22H23BrN6O2S. The van der Waals surface area contributed by atoms with E-state index in [4.69, 9.17) is 10.7 Å². The van der Waals surface area contributed by atoms with Crippen LogP contribution in [0.3, 0.4) is 0 Å². The number of rotatable bonds is 6. The highest BCUT2D eigenvalue weighted by molar-refractivity contribution is 9.10. The van der Waals surface area contributed by atoms with Gasteiger partial charge < -0.3 is 15.2 Å². The highest BCUT2D eigenvalue weighted by Gasteiger charge is 2.24. The third-order valence-corrected chi connectivity index (χ3v) is 8.17. The van der Waals surface area contributed by atoms with Gasteiger partial charge in [0.1, 0.15) is 0 Å². The van der Waals surface area contributed by atoms with E-state index in [1.165, 1.54) is 11.8 Å². The Balaban J connectivity index is 1.35. The summed E-state index contributed by atoms with van der Waals surface area (Å²) in [6.45, 7) is 2.43. The highest BCUT2D eigenvalue weighted by atomic mass is 79.9. The smallest absolute Gasteiger partial charge is 0.209 e. The van der Waals surface area contributed by atoms with Gasteiger partial charge in [0.05, 0.1) is 6.33 Å². The Bertz CT molecular complexity index is 1160. The van der Waals surface area contributed by atoms with Gasteiger partial charge in [-0.1, -0.05) is 0 Å².